The number of thiazole rings is 1. The summed E-state index contributed by atoms with van der Waals surface area (Å²) >= 11 is 5.05. The Bertz CT molecular complexity index is 767. The maximum atomic E-state index is 12.6. The molecule has 1 aromatic heterocycles. The zero-order valence-electron chi connectivity index (χ0n) is 14.7. The Balaban J connectivity index is 1.53. The number of hydrogen-bond donors (Lipinski definition) is 1. The SMILES string of the molecule is CCC(=O)NCc1csc(C2CCN(C(=O)c3ccc(Br)cc3)CC2)n1. The molecule has 0 atom stereocenters. The van der Waals surface area contributed by atoms with E-state index >= 15 is 0 Å². The van der Waals surface area contributed by atoms with Crippen molar-refractivity contribution in [1.82, 2.24) is 15.2 Å². The second-order valence-corrected chi connectivity index (χ2v) is 8.19. The van der Waals surface area contributed by atoms with Gasteiger partial charge in [0.1, 0.15) is 0 Å². The molecule has 0 unspecified atom stereocenters. The maximum Gasteiger partial charge on any atom is 0.253 e. The van der Waals surface area contributed by atoms with Crippen LogP contribution in [0.25, 0.3) is 0 Å². The van der Waals surface area contributed by atoms with Crippen LogP contribution in [0.2, 0.25) is 0 Å². The molecular weight excluding hydrogens is 414 g/mol. The monoisotopic (exact) mass is 435 g/mol. The quantitative estimate of drug-likeness (QED) is 0.772. The van der Waals surface area contributed by atoms with E-state index in [9.17, 15) is 9.59 Å². The molecule has 1 N–H and O–H groups in total. The molecule has 1 aromatic carbocycles. The van der Waals surface area contributed by atoms with Crippen LogP contribution in [0.3, 0.4) is 0 Å². The molecule has 2 amide bonds. The first-order chi connectivity index (χ1) is 12.6. The molecular formula is C19H22BrN3O2S. The number of carbonyl (C=O) groups is 2. The van der Waals surface area contributed by atoms with Gasteiger partial charge < -0.3 is 10.2 Å². The number of hydrogen-bond acceptors (Lipinski definition) is 4. The number of piperidine rings is 1. The summed E-state index contributed by atoms with van der Waals surface area (Å²) in [4.78, 5) is 30.5. The molecule has 2 aromatic rings. The Labute approximate surface area is 165 Å². The fourth-order valence-corrected chi connectivity index (χ4v) is 4.27. The Morgan fingerprint density at radius 2 is 1.96 bits per heavy atom. The number of amides is 2. The molecule has 0 radical (unpaired) electrons. The zero-order chi connectivity index (χ0) is 18.5. The first-order valence-corrected chi connectivity index (χ1v) is 10.5. The summed E-state index contributed by atoms with van der Waals surface area (Å²) < 4.78 is 0.974. The molecule has 0 spiro atoms. The topological polar surface area (TPSA) is 62.3 Å². The fraction of sp³-hybridized carbons (Fsp3) is 0.421. The van der Waals surface area contributed by atoms with E-state index in [1.54, 1.807) is 11.3 Å². The van der Waals surface area contributed by atoms with Gasteiger partial charge >= 0.3 is 0 Å². The van der Waals surface area contributed by atoms with Crippen molar-refractivity contribution in [2.45, 2.75) is 38.6 Å². The van der Waals surface area contributed by atoms with Crippen LogP contribution in [0.4, 0.5) is 0 Å². The summed E-state index contributed by atoms with van der Waals surface area (Å²) in [5, 5.41) is 5.99. The largest absolute Gasteiger partial charge is 0.350 e. The second kappa shape index (κ2) is 8.77. The second-order valence-electron chi connectivity index (χ2n) is 6.38. The summed E-state index contributed by atoms with van der Waals surface area (Å²) in [6, 6.07) is 7.51. The van der Waals surface area contributed by atoms with Crippen molar-refractivity contribution in [1.29, 1.82) is 0 Å². The van der Waals surface area contributed by atoms with Crippen molar-refractivity contribution in [2.24, 2.45) is 0 Å². The third-order valence-corrected chi connectivity index (χ3v) is 6.16. The molecule has 1 aliphatic heterocycles. The lowest BCUT2D eigenvalue weighted by molar-refractivity contribution is -0.120. The Hall–Kier alpha value is -1.73. The number of halogens is 1. The molecule has 1 saturated heterocycles. The van der Waals surface area contributed by atoms with Crippen molar-refractivity contribution >= 4 is 39.1 Å². The number of aromatic nitrogens is 1. The van der Waals surface area contributed by atoms with Crippen LogP contribution >= 0.6 is 27.3 Å². The Morgan fingerprint density at radius 3 is 2.62 bits per heavy atom. The molecule has 2 heterocycles. The van der Waals surface area contributed by atoms with Gasteiger partial charge in [0, 0.05) is 40.8 Å². The van der Waals surface area contributed by atoms with E-state index in [1.807, 2.05) is 41.5 Å². The molecule has 1 fully saturated rings. The van der Waals surface area contributed by atoms with E-state index in [1.165, 1.54) is 0 Å². The van der Waals surface area contributed by atoms with E-state index in [2.05, 4.69) is 26.2 Å². The van der Waals surface area contributed by atoms with Gasteiger partial charge in [0.25, 0.3) is 5.91 Å². The van der Waals surface area contributed by atoms with Gasteiger partial charge in [0.2, 0.25) is 5.91 Å². The third-order valence-electron chi connectivity index (χ3n) is 4.58. The highest BCUT2D eigenvalue weighted by molar-refractivity contribution is 9.10. The minimum atomic E-state index is 0.0410. The average molecular weight is 436 g/mol. The number of likely N-dealkylation sites (tertiary alicyclic amines) is 1. The number of nitrogens with one attached hydrogen (secondary N) is 1. The van der Waals surface area contributed by atoms with E-state index in [0.29, 0.717) is 18.9 Å². The average Bonchev–Trinajstić information content (AvgIpc) is 3.15. The van der Waals surface area contributed by atoms with Crippen LogP contribution in [0.1, 0.15) is 53.2 Å². The van der Waals surface area contributed by atoms with Crippen molar-refractivity contribution in [3.63, 3.8) is 0 Å². The van der Waals surface area contributed by atoms with Gasteiger partial charge in [0.15, 0.2) is 0 Å². The summed E-state index contributed by atoms with van der Waals surface area (Å²) in [7, 11) is 0. The van der Waals surface area contributed by atoms with Gasteiger partial charge in [0.05, 0.1) is 17.2 Å². The summed E-state index contributed by atoms with van der Waals surface area (Å²) in [5.74, 6) is 0.530. The molecule has 5 nitrogen and oxygen atoms in total. The first kappa shape index (κ1) is 19.0. The van der Waals surface area contributed by atoms with Gasteiger partial charge in [-0.05, 0) is 37.1 Å². The van der Waals surface area contributed by atoms with Gasteiger partial charge in [-0.15, -0.1) is 11.3 Å². The minimum Gasteiger partial charge on any atom is -0.350 e. The van der Waals surface area contributed by atoms with E-state index in [-0.39, 0.29) is 11.8 Å². The lowest BCUT2D eigenvalue weighted by Crippen LogP contribution is -2.37. The summed E-state index contributed by atoms with van der Waals surface area (Å²) in [6.45, 7) is 3.83. The molecule has 26 heavy (non-hydrogen) atoms. The lowest BCUT2D eigenvalue weighted by Gasteiger charge is -2.31. The third kappa shape index (κ3) is 4.71. The van der Waals surface area contributed by atoms with Crippen molar-refractivity contribution in [2.75, 3.05) is 13.1 Å². The maximum absolute atomic E-state index is 12.6. The summed E-state index contributed by atoms with van der Waals surface area (Å²) in [6.07, 6.45) is 2.34. The highest BCUT2D eigenvalue weighted by Gasteiger charge is 2.26. The van der Waals surface area contributed by atoms with Crippen molar-refractivity contribution < 1.29 is 9.59 Å². The number of rotatable bonds is 5. The zero-order valence-corrected chi connectivity index (χ0v) is 17.1. The van der Waals surface area contributed by atoms with E-state index in [4.69, 9.17) is 0 Å². The van der Waals surface area contributed by atoms with Crippen LogP contribution in [0.5, 0.6) is 0 Å². The smallest absolute Gasteiger partial charge is 0.253 e. The predicted octanol–water partition coefficient (Wildman–Crippen LogP) is 3.95. The van der Waals surface area contributed by atoms with Crippen LogP contribution in [-0.4, -0.2) is 34.8 Å². The molecule has 0 aliphatic carbocycles. The predicted molar refractivity (Wildman–Crippen MR) is 106 cm³/mol. The Morgan fingerprint density at radius 1 is 1.27 bits per heavy atom. The van der Waals surface area contributed by atoms with E-state index < -0.39 is 0 Å². The summed E-state index contributed by atoms with van der Waals surface area (Å²) in [5.41, 5.74) is 1.65. The first-order valence-electron chi connectivity index (χ1n) is 8.82. The normalized spacial score (nSPS) is 15.1. The molecule has 3 rings (SSSR count). The number of benzene rings is 1. The van der Waals surface area contributed by atoms with Gasteiger partial charge in [-0.1, -0.05) is 22.9 Å². The van der Waals surface area contributed by atoms with Crippen molar-refractivity contribution in [3.05, 3.63) is 50.4 Å². The van der Waals surface area contributed by atoms with E-state index in [0.717, 1.165) is 46.7 Å². The molecule has 0 bridgehead atoms. The molecule has 138 valence electrons. The van der Waals surface area contributed by atoms with Crippen LogP contribution < -0.4 is 5.32 Å². The lowest BCUT2D eigenvalue weighted by atomic mass is 9.97. The molecule has 7 heteroatoms. The minimum absolute atomic E-state index is 0.0410. The highest BCUT2D eigenvalue weighted by Crippen LogP contribution is 2.31. The Kier molecular flexibility index (Phi) is 6.43. The molecule has 0 saturated carbocycles. The van der Waals surface area contributed by atoms with Gasteiger partial charge in [-0.2, -0.15) is 0 Å². The standard InChI is InChI=1S/C19H22BrN3O2S/c1-2-17(24)21-11-16-12-26-18(22-16)13-7-9-23(10-8-13)19(25)14-3-5-15(20)6-4-14/h3-6,12-13H,2,7-11H2,1H3,(H,21,24). The molecule has 1 aliphatic rings. The van der Waals surface area contributed by atoms with Gasteiger partial charge in [-0.3, -0.25) is 9.59 Å². The van der Waals surface area contributed by atoms with Crippen LogP contribution in [0.15, 0.2) is 34.1 Å². The number of nitrogens with zero attached hydrogens (tertiary/aromatic N) is 2. The van der Waals surface area contributed by atoms with Crippen LogP contribution in [0, 0.1) is 0 Å². The number of carbonyl (C=O) groups excluding carboxylic acids is 2. The van der Waals surface area contributed by atoms with Crippen LogP contribution in [-0.2, 0) is 11.3 Å². The van der Waals surface area contributed by atoms with Gasteiger partial charge in [-0.25, -0.2) is 4.98 Å². The highest BCUT2D eigenvalue weighted by atomic mass is 79.9. The van der Waals surface area contributed by atoms with Crippen molar-refractivity contribution in [3.8, 4) is 0 Å². The fourth-order valence-electron chi connectivity index (χ4n) is 3.01.